The number of carbonyl (C=O) groups is 21. The molecule has 0 radical (unpaired) electrons. The Kier molecular flexibility index (Phi) is 38.7. The molecule has 0 saturated carbocycles. The second-order valence-corrected chi connectivity index (χ2v) is 35.4. The van der Waals surface area contributed by atoms with Crippen LogP contribution in [0, 0.1) is 17.8 Å². The van der Waals surface area contributed by atoms with E-state index in [9.17, 15) is 101 Å². The Labute approximate surface area is 690 Å². The molecule has 0 bridgehead atoms. The number of aldehydes is 1. The summed E-state index contributed by atoms with van der Waals surface area (Å²) >= 11 is 0. The molecular formula is C77H132N20O21. The van der Waals surface area contributed by atoms with E-state index in [4.69, 9.17) is 11.5 Å². The van der Waals surface area contributed by atoms with Gasteiger partial charge in [0.15, 0.2) is 0 Å². The smallest absolute Gasteiger partial charge is 0.246 e. The molecule has 21 N–H and O–H groups in total. The zero-order chi connectivity index (χ0) is 91.9. The Balaban J connectivity index is 3.11. The maximum absolute atomic E-state index is 14.1. The van der Waals surface area contributed by atoms with Gasteiger partial charge in [-0.3, -0.25) is 95.9 Å². The third-order valence-corrected chi connectivity index (χ3v) is 19.0. The lowest BCUT2D eigenvalue weighted by atomic mass is 9.95. The first-order valence-corrected chi connectivity index (χ1v) is 39.2. The Morgan fingerprint density at radius 3 is 1.09 bits per heavy atom. The van der Waals surface area contributed by atoms with Gasteiger partial charge in [-0.15, -0.1) is 0 Å². The number of primary amides is 2. The lowest BCUT2D eigenvalue weighted by molar-refractivity contribution is -0.142. The second-order valence-electron chi connectivity index (χ2n) is 35.4. The van der Waals surface area contributed by atoms with Crippen molar-refractivity contribution >= 4 is 124 Å². The number of likely N-dealkylation sites (tertiary alicyclic amines) is 1. The van der Waals surface area contributed by atoms with E-state index in [2.05, 4.69) is 90.4 Å². The minimum Gasteiger partial charge on any atom is -0.370 e. The van der Waals surface area contributed by atoms with E-state index in [0.29, 0.717) is 12.7 Å². The molecule has 20 amide bonds. The molecule has 41 heteroatoms. The number of rotatable bonds is 46. The topological polar surface area (TPSA) is 618 Å². The van der Waals surface area contributed by atoms with E-state index >= 15 is 0 Å². The zero-order valence-corrected chi connectivity index (χ0v) is 73.3. The first-order chi connectivity index (χ1) is 53.6. The van der Waals surface area contributed by atoms with Crippen LogP contribution in [0.1, 0.15) is 231 Å². The molecule has 9 unspecified atom stereocenters. The zero-order valence-electron chi connectivity index (χ0n) is 73.3. The Morgan fingerprint density at radius 1 is 0.373 bits per heavy atom. The van der Waals surface area contributed by atoms with E-state index in [0.717, 1.165) is 0 Å². The number of amides is 20. The molecule has 1 saturated heterocycles. The minimum absolute atomic E-state index is 0.0292. The first kappa shape index (κ1) is 105. The van der Waals surface area contributed by atoms with Crippen LogP contribution in [-0.2, 0) is 101 Å². The molecule has 1 rings (SSSR count). The third kappa shape index (κ3) is 33.6. The van der Waals surface area contributed by atoms with Gasteiger partial charge in [-0.05, 0) is 188 Å². The largest absolute Gasteiger partial charge is 0.370 e. The molecule has 0 aliphatic carbocycles. The summed E-state index contributed by atoms with van der Waals surface area (Å²) in [5, 5.41) is 42.8. The molecule has 9 atom stereocenters. The van der Waals surface area contributed by atoms with Gasteiger partial charge in [0.05, 0.1) is 12.6 Å². The van der Waals surface area contributed by atoms with E-state index in [-0.39, 0.29) is 56.4 Å². The highest BCUT2D eigenvalue weighted by Crippen LogP contribution is 2.22. The van der Waals surface area contributed by atoms with Gasteiger partial charge in [0.25, 0.3) is 0 Å². The van der Waals surface area contributed by atoms with E-state index in [1.165, 1.54) is 143 Å². The van der Waals surface area contributed by atoms with Crippen LogP contribution in [0.2, 0.25) is 0 Å². The summed E-state index contributed by atoms with van der Waals surface area (Å²) in [4.78, 5) is 281. The average molecular weight is 1670 g/mol. The highest BCUT2D eigenvalue weighted by molar-refractivity contribution is 6.04. The fourth-order valence-corrected chi connectivity index (χ4v) is 11.4. The van der Waals surface area contributed by atoms with Crippen LogP contribution < -0.4 is 102 Å². The van der Waals surface area contributed by atoms with Crippen LogP contribution in [0.25, 0.3) is 0 Å². The van der Waals surface area contributed by atoms with E-state index in [1.807, 2.05) is 0 Å². The maximum Gasteiger partial charge on any atom is 0.246 e. The molecule has 1 fully saturated rings. The predicted molar refractivity (Wildman–Crippen MR) is 430 cm³/mol. The van der Waals surface area contributed by atoms with Crippen molar-refractivity contribution < 1.29 is 101 Å². The summed E-state index contributed by atoms with van der Waals surface area (Å²) in [5.41, 5.74) is -3.24. The van der Waals surface area contributed by atoms with Crippen molar-refractivity contribution in [1.29, 1.82) is 0 Å². The van der Waals surface area contributed by atoms with Crippen molar-refractivity contribution in [3.63, 3.8) is 0 Å². The molecule has 0 spiro atoms. The Morgan fingerprint density at radius 2 is 0.703 bits per heavy atom. The average Bonchev–Trinajstić information content (AvgIpc) is 1.15. The highest BCUT2D eigenvalue weighted by Gasteiger charge is 2.46. The molecule has 118 heavy (non-hydrogen) atoms. The normalized spacial score (nSPS) is 15.5. The fourth-order valence-electron chi connectivity index (χ4n) is 11.4. The first-order valence-electron chi connectivity index (χ1n) is 39.2. The quantitative estimate of drug-likeness (QED) is 0.0256. The standard InChI is InChI=1S/C77H132N20O21/c1-38(2)34-47(58(107)93-76(23,24)67(116)94-74(19,20)66(115)86-45(29-31-51(78)100)56(105)85-49(37-98)40(5)6)84-60(109)50-28-27-33-97(50)61(110)43(9)82-54(103)41(7)81-55(104)42(8)83-63(112)73(17,18)95-69(118)77(25,26)96-68(117)75(21,22)91-57(106)46(30-32-52(79)101)87-65(114)72(15,16)92-59(108)48(35-39(3)4)88-64(113)71(13,14)90-53(102)36-80-62(111)70(11,12)89-44(10)99/h37-43,45-50H,27-36H2,1-26H3,(H2,78,100)(H2,79,101)(H,80,111)(H,81,104)(H,82,103)(H,83,112)(H,84,109)(H,85,105)(H,86,115)(H,87,114)(H,88,113)(H,89,99)(H,90,102)(H,91,106)(H,92,108)(H,93,107)(H,94,116)(H,95,118)(H,96,117). The molecule has 0 aromatic heterocycles. The number of hydrogen-bond donors (Lipinski definition) is 19. The van der Waals surface area contributed by atoms with Crippen LogP contribution in [0.5, 0.6) is 0 Å². The van der Waals surface area contributed by atoms with Gasteiger partial charge in [0.2, 0.25) is 118 Å². The summed E-state index contributed by atoms with van der Waals surface area (Å²) in [5.74, 6) is -17.3. The van der Waals surface area contributed by atoms with Crippen molar-refractivity contribution in [3.05, 3.63) is 0 Å². The third-order valence-electron chi connectivity index (χ3n) is 19.0. The SMILES string of the molecule is CC(=O)NC(C)(C)C(=O)NCC(=O)NC(C)(C)C(=O)NC(CC(C)C)C(=O)NC(C)(C)C(=O)NC(CCC(N)=O)C(=O)NC(C)(C)C(=O)NC(C)(C)C(=O)NC(C)(C)C(=O)NC(C)C(=O)NC(C)C(=O)NC(C)C(=O)N1CCCC1C(=O)NC(CC(C)C)C(=O)NC(C)(C)C(=O)NC(C)(C)C(=O)NC(CCC(N)=O)C(=O)NC(C=O)C(C)C. The molecule has 1 heterocycles. The summed E-state index contributed by atoms with van der Waals surface area (Å²) in [6.45, 7) is 36.2. The van der Waals surface area contributed by atoms with E-state index < -0.39 is 236 Å². The number of nitrogens with two attached hydrogens (primary N) is 2. The van der Waals surface area contributed by atoms with Crippen LogP contribution in [0.4, 0.5) is 0 Å². The van der Waals surface area contributed by atoms with Gasteiger partial charge in [-0.25, -0.2) is 0 Å². The molecule has 0 aromatic rings. The monoisotopic (exact) mass is 1670 g/mol. The molecule has 666 valence electrons. The van der Waals surface area contributed by atoms with Crippen molar-refractivity contribution in [1.82, 2.24) is 95.3 Å². The van der Waals surface area contributed by atoms with Crippen molar-refractivity contribution in [2.24, 2.45) is 29.2 Å². The van der Waals surface area contributed by atoms with Crippen LogP contribution >= 0.6 is 0 Å². The Bertz CT molecular complexity index is 3770. The van der Waals surface area contributed by atoms with Gasteiger partial charge >= 0.3 is 0 Å². The van der Waals surface area contributed by atoms with Crippen LogP contribution in [0.3, 0.4) is 0 Å². The van der Waals surface area contributed by atoms with Gasteiger partial charge in [-0.2, -0.15) is 0 Å². The lowest BCUT2D eigenvalue weighted by Gasteiger charge is -2.35. The lowest BCUT2D eigenvalue weighted by Crippen LogP contribution is -2.67. The van der Waals surface area contributed by atoms with Crippen LogP contribution in [-0.4, -0.2) is 241 Å². The number of nitrogens with one attached hydrogen (secondary N) is 17. The van der Waals surface area contributed by atoms with Crippen molar-refractivity contribution in [2.45, 2.75) is 330 Å². The molecule has 0 aromatic carbocycles. The summed E-state index contributed by atoms with van der Waals surface area (Å²) in [6.07, 6.45) is -0.281. The van der Waals surface area contributed by atoms with Gasteiger partial charge in [0, 0.05) is 26.3 Å². The minimum atomic E-state index is -1.90. The molecular weight excluding hydrogens is 1540 g/mol. The second kappa shape index (κ2) is 43.5. The van der Waals surface area contributed by atoms with Crippen LogP contribution in [0.15, 0.2) is 0 Å². The van der Waals surface area contributed by atoms with Gasteiger partial charge in [-0.1, -0.05) is 41.5 Å². The molecule has 1 aliphatic rings. The fraction of sp³-hybridized carbons (Fsp3) is 0.727. The number of carbonyl (C=O) groups excluding carboxylic acids is 21. The summed E-state index contributed by atoms with van der Waals surface area (Å²) in [7, 11) is 0. The van der Waals surface area contributed by atoms with E-state index in [1.54, 1.807) is 41.5 Å². The Hall–Kier alpha value is -10.9. The summed E-state index contributed by atoms with van der Waals surface area (Å²) in [6, 6.07) is -11.5. The predicted octanol–water partition coefficient (Wildman–Crippen LogP) is -4.31. The molecule has 41 nitrogen and oxygen atoms in total. The van der Waals surface area contributed by atoms with Gasteiger partial charge < -0.3 is 112 Å². The van der Waals surface area contributed by atoms with Gasteiger partial charge in [0.1, 0.15) is 98.9 Å². The summed E-state index contributed by atoms with van der Waals surface area (Å²) < 4.78 is 0. The van der Waals surface area contributed by atoms with Crippen molar-refractivity contribution in [2.75, 3.05) is 13.1 Å². The number of hydrogen-bond acceptors (Lipinski definition) is 21. The maximum atomic E-state index is 14.1. The molecule has 1 aliphatic heterocycles. The highest BCUT2D eigenvalue weighted by atomic mass is 16.2. The number of nitrogens with zero attached hydrogens (tertiary/aromatic N) is 1. The van der Waals surface area contributed by atoms with Crippen molar-refractivity contribution in [3.8, 4) is 0 Å².